The molecule has 3 aromatic rings. The van der Waals surface area contributed by atoms with Gasteiger partial charge in [-0.3, -0.25) is 4.79 Å². The molecule has 0 unspecified atom stereocenters. The molecule has 0 aliphatic carbocycles. The fourth-order valence-corrected chi connectivity index (χ4v) is 3.38. The quantitative estimate of drug-likeness (QED) is 0.499. The number of carbonyl (C=O) groups excluding carboxylic acids is 1. The first-order valence-electron chi connectivity index (χ1n) is 10.4. The summed E-state index contributed by atoms with van der Waals surface area (Å²) in [6.07, 6.45) is 0.374. The zero-order valence-corrected chi connectivity index (χ0v) is 18.1. The van der Waals surface area contributed by atoms with Gasteiger partial charge in [0.2, 0.25) is 5.91 Å². The summed E-state index contributed by atoms with van der Waals surface area (Å²) in [5.41, 5.74) is 2.85. The molecule has 3 rings (SSSR count). The Morgan fingerprint density at radius 2 is 1.42 bits per heavy atom. The topological polar surface area (TPSA) is 47.6 Å². The number of halogens is 1. The third kappa shape index (κ3) is 6.57. The molecule has 0 aromatic heterocycles. The van der Waals surface area contributed by atoms with Crippen LogP contribution in [0.15, 0.2) is 72.8 Å². The molecule has 0 aliphatic heterocycles. The van der Waals surface area contributed by atoms with E-state index in [0.717, 1.165) is 28.2 Å². The third-order valence-electron chi connectivity index (χ3n) is 4.96. The lowest BCUT2D eigenvalue weighted by atomic mass is 9.88. The first-order valence-corrected chi connectivity index (χ1v) is 10.4. The summed E-state index contributed by atoms with van der Waals surface area (Å²) in [5, 5.41) is 2.98. The van der Waals surface area contributed by atoms with Gasteiger partial charge in [0.25, 0.3) is 0 Å². The maximum Gasteiger partial charge on any atom is 0.221 e. The van der Waals surface area contributed by atoms with E-state index >= 15 is 0 Å². The molecule has 0 spiro atoms. The Labute approximate surface area is 183 Å². The second-order valence-corrected chi connectivity index (χ2v) is 7.67. The lowest BCUT2D eigenvalue weighted by Gasteiger charge is -2.18. The first kappa shape index (κ1) is 22.3. The number of carbonyl (C=O) groups is 1. The van der Waals surface area contributed by atoms with Gasteiger partial charge in [0.15, 0.2) is 0 Å². The molecule has 0 aliphatic rings. The number of benzene rings is 3. The van der Waals surface area contributed by atoms with Crippen LogP contribution in [-0.4, -0.2) is 19.1 Å². The van der Waals surface area contributed by atoms with Crippen LogP contribution in [0.4, 0.5) is 4.39 Å². The average Bonchev–Trinajstić information content (AvgIpc) is 2.77. The Morgan fingerprint density at radius 3 is 1.97 bits per heavy atom. The highest BCUT2D eigenvalue weighted by atomic mass is 19.1. The van der Waals surface area contributed by atoms with Crippen LogP contribution >= 0.6 is 0 Å². The highest BCUT2D eigenvalue weighted by molar-refractivity contribution is 5.77. The van der Waals surface area contributed by atoms with E-state index in [1.54, 1.807) is 19.2 Å². The summed E-state index contributed by atoms with van der Waals surface area (Å²) in [6, 6.07) is 21.6. The minimum absolute atomic E-state index is 0.0763. The third-order valence-corrected chi connectivity index (χ3v) is 4.96. The van der Waals surface area contributed by atoms with Gasteiger partial charge < -0.3 is 14.8 Å². The van der Waals surface area contributed by atoms with E-state index in [0.29, 0.717) is 6.54 Å². The zero-order chi connectivity index (χ0) is 22.2. The van der Waals surface area contributed by atoms with Gasteiger partial charge >= 0.3 is 0 Å². The summed E-state index contributed by atoms with van der Waals surface area (Å²) < 4.78 is 24.3. The summed E-state index contributed by atoms with van der Waals surface area (Å²) >= 11 is 0. The Bertz CT molecular complexity index is 967. The average molecular weight is 422 g/mol. The molecule has 0 heterocycles. The van der Waals surface area contributed by atoms with Crippen LogP contribution in [0.1, 0.15) is 42.9 Å². The van der Waals surface area contributed by atoms with Crippen molar-refractivity contribution in [2.45, 2.75) is 38.8 Å². The minimum atomic E-state index is -0.299. The summed E-state index contributed by atoms with van der Waals surface area (Å²) in [4.78, 5) is 12.7. The second-order valence-electron chi connectivity index (χ2n) is 7.67. The molecular formula is C26H28FNO3. The Hall–Kier alpha value is -3.34. The highest BCUT2D eigenvalue weighted by Crippen LogP contribution is 2.29. The zero-order valence-electron chi connectivity index (χ0n) is 18.1. The van der Waals surface area contributed by atoms with E-state index < -0.39 is 0 Å². The molecule has 4 nitrogen and oxygen atoms in total. The first-order chi connectivity index (χ1) is 14.9. The molecule has 1 N–H and O–H groups in total. The maximum atomic E-state index is 13.4. The van der Waals surface area contributed by atoms with Crippen molar-refractivity contribution in [1.82, 2.24) is 5.32 Å². The fourth-order valence-electron chi connectivity index (χ4n) is 3.38. The summed E-state index contributed by atoms with van der Waals surface area (Å²) in [5.74, 6) is 0.990. The van der Waals surface area contributed by atoms with Gasteiger partial charge in [-0.15, -0.1) is 0 Å². The molecule has 0 saturated carbocycles. The fraction of sp³-hybridized carbons (Fsp3) is 0.269. The van der Waals surface area contributed by atoms with Crippen LogP contribution in [0, 0.1) is 5.82 Å². The van der Waals surface area contributed by atoms with Crippen molar-refractivity contribution in [3.8, 4) is 11.5 Å². The van der Waals surface area contributed by atoms with Crippen molar-refractivity contribution in [3.05, 3.63) is 95.3 Å². The molecule has 5 heteroatoms. The molecular weight excluding hydrogens is 393 g/mol. The number of amides is 1. The lowest BCUT2D eigenvalue weighted by Crippen LogP contribution is -2.25. The minimum Gasteiger partial charge on any atom is -0.497 e. The van der Waals surface area contributed by atoms with Crippen LogP contribution in [0.5, 0.6) is 11.5 Å². The second kappa shape index (κ2) is 10.6. The van der Waals surface area contributed by atoms with Crippen molar-refractivity contribution >= 4 is 5.91 Å². The van der Waals surface area contributed by atoms with E-state index in [1.807, 2.05) is 62.4 Å². The van der Waals surface area contributed by atoms with Crippen LogP contribution in [0.25, 0.3) is 0 Å². The van der Waals surface area contributed by atoms with Crippen LogP contribution in [0.3, 0.4) is 0 Å². The standard InChI is InChI=1S/C26H28FNO3/c1-18(2)31-24-12-4-19(5-13-24)17-28-26(29)16-25(20-6-10-22(27)11-7-20)21-8-14-23(30-3)15-9-21/h4-15,18,25H,16-17H2,1-3H3,(H,28,29)/t25-/m1/s1. The number of hydrogen-bond donors (Lipinski definition) is 1. The Morgan fingerprint density at radius 1 is 0.871 bits per heavy atom. The van der Waals surface area contributed by atoms with Crippen molar-refractivity contribution in [2.75, 3.05) is 7.11 Å². The van der Waals surface area contributed by atoms with Crippen molar-refractivity contribution in [1.29, 1.82) is 0 Å². The van der Waals surface area contributed by atoms with Crippen LogP contribution in [-0.2, 0) is 11.3 Å². The van der Waals surface area contributed by atoms with Crippen molar-refractivity contribution in [3.63, 3.8) is 0 Å². The molecule has 0 saturated heterocycles. The van der Waals surface area contributed by atoms with Crippen molar-refractivity contribution in [2.24, 2.45) is 0 Å². The molecule has 1 atom stereocenters. The maximum absolute atomic E-state index is 13.4. The summed E-state index contributed by atoms with van der Waals surface area (Å²) in [6.45, 7) is 4.39. The lowest BCUT2D eigenvalue weighted by molar-refractivity contribution is -0.121. The van der Waals surface area contributed by atoms with Gasteiger partial charge in [-0.2, -0.15) is 0 Å². The van der Waals surface area contributed by atoms with Gasteiger partial charge in [0.05, 0.1) is 13.2 Å². The number of nitrogens with one attached hydrogen (secondary N) is 1. The van der Waals surface area contributed by atoms with Crippen molar-refractivity contribution < 1.29 is 18.7 Å². The Kier molecular flexibility index (Phi) is 7.65. The predicted octanol–water partition coefficient (Wildman–Crippen LogP) is 5.46. The molecule has 0 fully saturated rings. The largest absolute Gasteiger partial charge is 0.497 e. The van der Waals surface area contributed by atoms with Crippen LogP contribution in [0.2, 0.25) is 0 Å². The molecule has 162 valence electrons. The number of methoxy groups -OCH3 is 1. The highest BCUT2D eigenvalue weighted by Gasteiger charge is 2.18. The van der Waals surface area contributed by atoms with E-state index in [9.17, 15) is 9.18 Å². The van der Waals surface area contributed by atoms with E-state index in [2.05, 4.69) is 5.32 Å². The predicted molar refractivity (Wildman–Crippen MR) is 120 cm³/mol. The summed E-state index contributed by atoms with van der Waals surface area (Å²) in [7, 11) is 1.61. The molecule has 0 bridgehead atoms. The van der Waals surface area contributed by atoms with E-state index in [4.69, 9.17) is 9.47 Å². The van der Waals surface area contributed by atoms with Gasteiger partial charge in [0.1, 0.15) is 17.3 Å². The number of hydrogen-bond acceptors (Lipinski definition) is 3. The van der Waals surface area contributed by atoms with Gasteiger partial charge in [-0.05, 0) is 66.9 Å². The monoisotopic (exact) mass is 421 g/mol. The molecule has 31 heavy (non-hydrogen) atoms. The van der Waals surface area contributed by atoms with Gasteiger partial charge in [-0.25, -0.2) is 4.39 Å². The van der Waals surface area contributed by atoms with E-state index in [-0.39, 0.29) is 30.2 Å². The molecule has 3 aromatic carbocycles. The SMILES string of the molecule is COc1ccc([C@H](CC(=O)NCc2ccc(OC(C)C)cc2)c2ccc(F)cc2)cc1. The normalized spacial score (nSPS) is 11.8. The van der Waals surface area contributed by atoms with Crippen LogP contribution < -0.4 is 14.8 Å². The smallest absolute Gasteiger partial charge is 0.221 e. The van der Waals surface area contributed by atoms with E-state index in [1.165, 1.54) is 12.1 Å². The molecule has 1 amide bonds. The van der Waals surface area contributed by atoms with Gasteiger partial charge in [0, 0.05) is 18.9 Å². The number of rotatable bonds is 9. The molecule has 0 radical (unpaired) electrons. The van der Waals surface area contributed by atoms with Gasteiger partial charge in [-0.1, -0.05) is 36.4 Å². The number of ether oxygens (including phenoxy) is 2. The Balaban J connectivity index is 1.68.